The number of benzene rings is 2. The number of nitro groups is 3. The third kappa shape index (κ3) is 5.06. The summed E-state index contributed by atoms with van der Waals surface area (Å²) < 4.78 is 39.6. The van der Waals surface area contributed by atoms with Gasteiger partial charge in [-0.15, -0.1) is 0 Å². The molecule has 2 atom stereocenters. The maximum absolute atomic E-state index is 13.2. The molecule has 2 N–H and O–H groups in total. The molecule has 36 heavy (non-hydrogen) atoms. The van der Waals surface area contributed by atoms with E-state index in [2.05, 4.69) is 10.9 Å². The predicted octanol–water partition coefficient (Wildman–Crippen LogP) is 4.25. The molecule has 2 unspecified atom stereocenters. The second-order valence-corrected chi connectivity index (χ2v) is 8.74. The van der Waals surface area contributed by atoms with Gasteiger partial charge in [-0.1, -0.05) is 12.1 Å². The Morgan fingerprint density at radius 3 is 2.03 bits per heavy atom. The summed E-state index contributed by atoms with van der Waals surface area (Å²) in [5, 5.41) is 34.2. The van der Waals surface area contributed by atoms with Crippen LogP contribution >= 0.6 is 0 Å². The van der Waals surface area contributed by atoms with Crippen molar-refractivity contribution in [1.82, 2.24) is 10.9 Å². The van der Waals surface area contributed by atoms with Crippen LogP contribution in [0.15, 0.2) is 36.4 Å². The Balaban J connectivity index is 1.49. The molecule has 2 aliphatic rings. The Morgan fingerprint density at radius 1 is 0.889 bits per heavy atom. The van der Waals surface area contributed by atoms with E-state index in [1.165, 1.54) is 17.0 Å². The predicted molar refractivity (Wildman–Crippen MR) is 120 cm³/mol. The van der Waals surface area contributed by atoms with Gasteiger partial charge in [0, 0.05) is 49.4 Å². The lowest BCUT2D eigenvalue weighted by molar-refractivity contribution is -0.393. The Morgan fingerprint density at radius 2 is 1.50 bits per heavy atom. The van der Waals surface area contributed by atoms with Crippen molar-refractivity contribution in [1.29, 1.82) is 0 Å². The SMILES string of the molecule is O=[N+]([O-])c1cccc(C2CC(C3CCN(c4c([N+](=O)[O-])cc(C(F)(F)F)cc4[N+](=O)[O-])CC3)NN2)c1. The number of rotatable bonds is 6. The Bertz CT molecular complexity index is 1170. The molecule has 2 aromatic carbocycles. The van der Waals surface area contributed by atoms with E-state index >= 15 is 0 Å². The number of nitrogens with one attached hydrogen (secondary N) is 2. The maximum atomic E-state index is 13.2. The van der Waals surface area contributed by atoms with Crippen LogP contribution in [0.3, 0.4) is 0 Å². The number of hydrazine groups is 1. The van der Waals surface area contributed by atoms with E-state index in [9.17, 15) is 43.5 Å². The van der Waals surface area contributed by atoms with E-state index in [0.29, 0.717) is 31.4 Å². The molecule has 2 aromatic rings. The highest BCUT2D eigenvalue weighted by atomic mass is 19.4. The van der Waals surface area contributed by atoms with Gasteiger partial charge in [0.05, 0.1) is 20.3 Å². The number of halogens is 3. The highest BCUT2D eigenvalue weighted by molar-refractivity contribution is 5.76. The minimum Gasteiger partial charge on any atom is -0.360 e. The monoisotopic (exact) mass is 510 g/mol. The molecule has 0 spiro atoms. The van der Waals surface area contributed by atoms with Crippen LogP contribution in [0.25, 0.3) is 0 Å². The number of hydrogen-bond donors (Lipinski definition) is 2. The number of nitro benzene ring substituents is 3. The van der Waals surface area contributed by atoms with Gasteiger partial charge < -0.3 is 4.90 Å². The van der Waals surface area contributed by atoms with E-state index in [0.717, 1.165) is 5.56 Å². The van der Waals surface area contributed by atoms with Gasteiger partial charge in [-0.3, -0.25) is 41.2 Å². The number of nitrogens with zero attached hydrogens (tertiary/aromatic N) is 4. The summed E-state index contributed by atoms with van der Waals surface area (Å²) in [6.45, 7) is 0.356. The van der Waals surface area contributed by atoms with Crippen molar-refractivity contribution >= 4 is 22.7 Å². The first-order valence-corrected chi connectivity index (χ1v) is 11.0. The second-order valence-electron chi connectivity index (χ2n) is 8.74. The third-order valence-electron chi connectivity index (χ3n) is 6.63. The van der Waals surface area contributed by atoms with E-state index < -0.39 is 43.6 Å². The van der Waals surface area contributed by atoms with Crippen molar-refractivity contribution in [3.63, 3.8) is 0 Å². The molecule has 2 saturated heterocycles. The number of hydrogen-bond acceptors (Lipinski definition) is 9. The molecule has 4 rings (SSSR count). The quantitative estimate of drug-likeness (QED) is 0.428. The summed E-state index contributed by atoms with van der Waals surface area (Å²) in [5.41, 5.74) is 3.24. The topological polar surface area (TPSA) is 157 Å². The number of anilines is 1. The summed E-state index contributed by atoms with van der Waals surface area (Å²) >= 11 is 0. The van der Waals surface area contributed by atoms with Crippen molar-refractivity contribution in [2.24, 2.45) is 5.92 Å². The van der Waals surface area contributed by atoms with Gasteiger partial charge in [-0.05, 0) is 30.7 Å². The van der Waals surface area contributed by atoms with Crippen molar-refractivity contribution < 1.29 is 27.9 Å². The fourth-order valence-corrected chi connectivity index (χ4v) is 4.86. The zero-order valence-electron chi connectivity index (χ0n) is 18.6. The van der Waals surface area contributed by atoms with Gasteiger partial charge in [0.25, 0.3) is 17.1 Å². The normalized spacial score (nSPS) is 20.9. The average Bonchev–Trinajstić information content (AvgIpc) is 3.33. The van der Waals surface area contributed by atoms with E-state index in [1.807, 2.05) is 0 Å². The van der Waals surface area contributed by atoms with Crippen LogP contribution in [-0.4, -0.2) is 33.9 Å². The van der Waals surface area contributed by atoms with E-state index in [1.54, 1.807) is 12.1 Å². The van der Waals surface area contributed by atoms with Crippen LogP contribution in [0, 0.1) is 36.3 Å². The van der Waals surface area contributed by atoms with Crippen LogP contribution in [-0.2, 0) is 6.18 Å². The number of non-ortho nitro benzene ring substituents is 1. The van der Waals surface area contributed by atoms with Crippen LogP contribution in [0.4, 0.5) is 35.9 Å². The van der Waals surface area contributed by atoms with Crippen LogP contribution in [0.1, 0.15) is 36.4 Å². The van der Waals surface area contributed by atoms with Crippen molar-refractivity contribution in [2.45, 2.75) is 37.5 Å². The highest BCUT2D eigenvalue weighted by Crippen LogP contribution is 2.44. The molecule has 0 bridgehead atoms. The molecule has 12 nitrogen and oxygen atoms in total. The first kappa shape index (κ1) is 25.2. The van der Waals surface area contributed by atoms with Crippen LogP contribution in [0.5, 0.6) is 0 Å². The molecule has 2 aliphatic heterocycles. The van der Waals surface area contributed by atoms with Crippen molar-refractivity contribution in [3.05, 3.63) is 77.9 Å². The summed E-state index contributed by atoms with van der Waals surface area (Å²) in [6, 6.07) is 6.73. The summed E-state index contributed by atoms with van der Waals surface area (Å²) in [5.74, 6) is 0.0741. The lowest BCUT2D eigenvalue weighted by Crippen LogP contribution is -2.43. The number of piperidine rings is 1. The standard InChI is InChI=1S/C21H21F3N6O6/c22-21(23,24)14-9-18(29(33)34)20(19(10-14)30(35)36)27-6-4-12(5-7-27)16-11-17(26-25-16)13-2-1-3-15(8-13)28(31)32/h1-3,8-10,12,16-17,25-26H,4-7,11H2. The maximum Gasteiger partial charge on any atom is 0.416 e. The lowest BCUT2D eigenvalue weighted by Gasteiger charge is -2.35. The first-order valence-electron chi connectivity index (χ1n) is 11.0. The minimum absolute atomic E-state index is 0.0224. The van der Waals surface area contributed by atoms with Gasteiger partial charge in [0.15, 0.2) is 5.69 Å². The van der Waals surface area contributed by atoms with E-state index in [4.69, 9.17) is 0 Å². The second kappa shape index (κ2) is 9.66. The van der Waals surface area contributed by atoms with Gasteiger partial charge in [0.2, 0.25) is 0 Å². The van der Waals surface area contributed by atoms with Gasteiger partial charge in [0.1, 0.15) is 0 Å². The molecule has 2 fully saturated rings. The molecule has 192 valence electrons. The molecule has 0 radical (unpaired) electrons. The van der Waals surface area contributed by atoms with Crippen LogP contribution < -0.4 is 15.8 Å². The average molecular weight is 510 g/mol. The van der Waals surface area contributed by atoms with Gasteiger partial charge >= 0.3 is 6.18 Å². The Kier molecular flexibility index (Phi) is 6.77. The molecule has 0 aliphatic carbocycles. The molecular formula is C21H21F3N6O6. The zero-order valence-corrected chi connectivity index (χ0v) is 18.6. The molecule has 0 aromatic heterocycles. The number of alkyl halides is 3. The molecule has 2 heterocycles. The first-order chi connectivity index (χ1) is 17.0. The Hall–Kier alpha value is -3.85. The Labute approximate surface area is 201 Å². The summed E-state index contributed by atoms with van der Waals surface area (Å²) in [4.78, 5) is 33.0. The molecule has 15 heteroatoms. The van der Waals surface area contributed by atoms with Crippen molar-refractivity contribution in [3.8, 4) is 0 Å². The molecule has 0 amide bonds. The van der Waals surface area contributed by atoms with E-state index in [-0.39, 0.29) is 36.8 Å². The molecular weight excluding hydrogens is 489 g/mol. The third-order valence-corrected chi connectivity index (χ3v) is 6.63. The summed E-state index contributed by atoms with van der Waals surface area (Å²) in [7, 11) is 0. The highest BCUT2D eigenvalue weighted by Gasteiger charge is 2.41. The fraction of sp³-hybridized carbons (Fsp3) is 0.429. The fourth-order valence-electron chi connectivity index (χ4n) is 4.86. The lowest BCUT2D eigenvalue weighted by atomic mass is 9.86. The smallest absolute Gasteiger partial charge is 0.360 e. The minimum atomic E-state index is -4.97. The zero-order chi connectivity index (χ0) is 26.2. The largest absolute Gasteiger partial charge is 0.416 e. The van der Waals surface area contributed by atoms with Gasteiger partial charge in [-0.2, -0.15) is 13.2 Å². The van der Waals surface area contributed by atoms with Gasteiger partial charge in [-0.25, -0.2) is 0 Å². The molecule has 0 saturated carbocycles. The van der Waals surface area contributed by atoms with Crippen molar-refractivity contribution in [2.75, 3.05) is 18.0 Å². The summed E-state index contributed by atoms with van der Waals surface area (Å²) in [6.07, 6.45) is -3.39. The van der Waals surface area contributed by atoms with Crippen LogP contribution in [0.2, 0.25) is 0 Å².